The predicted molar refractivity (Wildman–Crippen MR) is 99.3 cm³/mol. The summed E-state index contributed by atoms with van der Waals surface area (Å²) in [7, 11) is 0. The summed E-state index contributed by atoms with van der Waals surface area (Å²) in [4.78, 5) is 16.1. The summed E-state index contributed by atoms with van der Waals surface area (Å²) in [6, 6.07) is 9.31. The summed E-state index contributed by atoms with van der Waals surface area (Å²) in [5.41, 5.74) is 2.27. The van der Waals surface area contributed by atoms with Gasteiger partial charge in [-0.2, -0.15) is 5.26 Å². The molecular weight excluding hydrogens is 334 g/mol. The van der Waals surface area contributed by atoms with Gasteiger partial charge in [-0.3, -0.25) is 9.69 Å². The van der Waals surface area contributed by atoms with Gasteiger partial charge in [0.15, 0.2) is 0 Å². The highest BCUT2D eigenvalue weighted by atomic mass is 32.1. The monoisotopic (exact) mass is 355 g/mol. The number of carbonyl (C=O) groups is 1. The van der Waals surface area contributed by atoms with Crippen molar-refractivity contribution < 1.29 is 9.53 Å². The van der Waals surface area contributed by atoms with Crippen LogP contribution in [0.2, 0.25) is 0 Å². The van der Waals surface area contributed by atoms with E-state index in [9.17, 15) is 10.1 Å². The number of likely N-dealkylation sites (N-methyl/N-ethyl adjacent to an activating group) is 1. The Kier molecular flexibility index (Phi) is 5.37. The third-order valence-corrected chi connectivity index (χ3v) is 5.48. The molecule has 1 aliphatic rings. The quantitative estimate of drug-likeness (QED) is 0.889. The Hall–Kier alpha value is -2.36. The van der Waals surface area contributed by atoms with Crippen LogP contribution >= 0.6 is 11.3 Å². The highest BCUT2D eigenvalue weighted by Crippen LogP contribution is 2.36. The maximum atomic E-state index is 12.5. The van der Waals surface area contributed by atoms with E-state index in [0.717, 1.165) is 37.4 Å². The molecule has 130 valence electrons. The molecule has 1 aromatic heterocycles. The summed E-state index contributed by atoms with van der Waals surface area (Å²) in [5, 5.41) is 13.1. The minimum atomic E-state index is -0.203. The van der Waals surface area contributed by atoms with Gasteiger partial charge in [-0.1, -0.05) is 6.92 Å². The second-order valence-electron chi connectivity index (χ2n) is 5.85. The van der Waals surface area contributed by atoms with E-state index >= 15 is 0 Å². The first-order valence-corrected chi connectivity index (χ1v) is 9.29. The molecule has 0 fully saturated rings. The number of amides is 1. The standard InChI is InChI=1S/C19H21N3O2S/c1-3-22-10-9-15-16(11-20)19(25-17(15)12-22)21-18(23)13-5-7-14(8-6-13)24-4-2/h5-8H,3-4,9-10,12H2,1-2H3,(H,21,23). The van der Waals surface area contributed by atoms with E-state index in [1.165, 1.54) is 16.2 Å². The van der Waals surface area contributed by atoms with Crippen molar-refractivity contribution in [2.75, 3.05) is 25.0 Å². The molecule has 1 N–H and O–H groups in total. The lowest BCUT2D eigenvalue weighted by atomic mass is 10.0. The molecular formula is C19H21N3O2S. The Balaban J connectivity index is 1.79. The SMILES string of the molecule is CCOc1ccc(C(=O)Nc2sc3c(c2C#N)CCN(CC)C3)cc1. The molecule has 1 aliphatic heterocycles. The van der Waals surface area contributed by atoms with Crippen LogP contribution in [0.5, 0.6) is 5.75 Å². The second kappa shape index (κ2) is 7.68. The largest absolute Gasteiger partial charge is 0.494 e. The molecule has 0 radical (unpaired) electrons. The first-order chi connectivity index (χ1) is 12.2. The van der Waals surface area contributed by atoms with Gasteiger partial charge in [0.1, 0.15) is 16.8 Å². The van der Waals surface area contributed by atoms with Crippen LogP contribution in [-0.2, 0) is 13.0 Å². The van der Waals surface area contributed by atoms with Gasteiger partial charge < -0.3 is 10.1 Å². The molecule has 2 heterocycles. The van der Waals surface area contributed by atoms with Crippen LogP contribution in [-0.4, -0.2) is 30.5 Å². The fourth-order valence-corrected chi connectivity index (χ4v) is 4.21. The smallest absolute Gasteiger partial charge is 0.256 e. The predicted octanol–water partition coefficient (Wildman–Crippen LogP) is 3.65. The number of ether oxygens (including phenoxy) is 1. The molecule has 1 amide bonds. The van der Waals surface area contributed by atoms with Crippen LogP contribution in [0.4, 0.5) is 5.00 Å². The highest BCUT2D eigenvalue weighted by Gasteiger charge is 2.24. The van der Waals surface area contributed by atoms with Crippen molar-refractivity contribution in [3.63, 3.8) is 0 Å². The normalized spacial score (nSPS) is 13.8. The van der Waals surface area contributed by atoms with E-state index < -0.39 is 0 Å². The maximum Gasteiger partial charge on any atom is 0.256 e. The number of benzene rings is 1. The van der Waals surface area contributed by atoms with Gasteiger partial charge >= 0.3 is 0 Å². The molecule has 0 spiro atoms. The Bertz CT molecular complexity index is 805. The van der Waals surface area contributed by atoms with Crippen molar-refractivity contribution in [1.29, 1.82) is 5.26 Å². The number of rotatable bonds is 5. The van der Waals surface area contributed by atoms with Gasteiger partial charge in [0.05, 0.1) is 12.2 Å². The zero-order chi connectivity index (χ0) is 17.8. The molecule has 0 saturated heterocycles. The lowest BCUT2D eigenvalue weighted by molar-refractivity contribution is 0.102. The van der Waals surface area contributed by atoms with E-state index in [1.807, 2.05) is 6.92 Å². The van der Waals surface area contributed by atoms with E-state index in [2.05, 4.69) is 23.2 Å². The average Bonchev–Trinajstić information content (AvgIpc) is 2.98. The molecule has 2 aromatic rings. The number of carbonyl (C=O) groups excluding carboxylic acids is 1. The zero-order valence-corrected chi connectivity index (χ0v) is 15.3. The van der Waals surface area contributed by atoms with Crippen LogP contribution in [0.15, 0.2) is 24.3 Å². The van der Waals surface area contributed by atoms with Gasteiger partial charge in [-0.05, 0) is 49.7 Å². The maximum absolute atomic E-state index is 12.5. The molecule has 3 rings (SSSR count). The molecule has 25 heavy (non-hydrogen) atoms. The van der Waals surface area contributed by atoms with Crippen LogP contribution in [0.25, 0.3) is 0 Å². The summed E-state index contributed by atoms with van der Waals surface area (Å²) in [5.74, 6) is 0.536. The minimum absolute atomic E-state index is 0.203. The van der Waals surface area contributed by atoms with Gasteiger partial charge in [-0.25, -0.2) is 0 Å². The third-order valence-electron chi connectivity index (χ3n) is 4.35. The Morgan fingerprint density at radius 3 is 2.76 bits per heavy atom. The van der Waals surface area contributed by atoms with Crippen molar-refractivity contribution in [2.45, 2.75) is 26.8 Å². The van der Waals surface area contributed by atoms with Gasteiger partial charge in [-0.15, -0.1) is 11.3 Å². The number of anilines is 1. The zero-order valence-electron chi connectivity index (χ0n) is 14.5. The first-order valence-electron chi connectivity index (χ1n) is 8.47. The second-order valence-corrected chi connectivity index (χ2v) is 6.96. The topological polar surface area (TPSA) is 65.4 Å². The number of hydrogen-bond donors (Lipinski definition) is 1. The Morgan fingerprint density at radius 2 is 2.12 bits per heavy atom. The van der Waals surface area contributed by atoms with Gasteiger partial charge in [0.2, 0.25) is 0 Å². The van der Waals surface area contributed by atoms with E-state index in [0.29, 0.717) is 22.7 Å². The summed E-state index contributed by atoms with van der Waals surface area (Å²) in [6.07, 6.45) is 0.863. The average molecular weight is 355 g/mol. The number of hydrogen-bond acceptors (Lipinski definition) is 5. The first kappa shape index (κ1) is 17.5. The lowest BCUT2D eigenvalue weighted by Crippen LogP contribution is -2.29. The third kappa shape index (κ3) is 3.68. The number of nitrogens with zero attached hydrogens (tertiary/aromatic N) is 2. The van der Waals surface area contributed by atoms with Crippen LogP contribution < -0.4 is 10.1 Å². The van der Waals surface area contributed by atoms with E-state index in [1.54, 1.807) is 24.3 Å². The Morgan fingerprint density at radius 1 is 1.36 bits per heavy atom. The fourth-order valence-electron chi connectivity index (χ4n) is 2.98. The molecule has 0 saturated carbocycles. The van der Waals surface area contributed by atoms with Crippen molar-refractivity contribution in [3.05, 3.63) is 45.8 Å². The minimum Gasteiger partial charge on any atom is -0.494 e. The number of nitrogens with one attached hydrogen (secondary N) is 1. The number of fused-ring (bicyclic) bond motifs is 1. The molecule has 0 aliphatic carbocycles. The van der Waals surface area contributed by atoms with Crippen molar-refractivity contribution in [3.8, 4) is 11.8 Å². The molecule has 5 nitrogen and oxygen atoms in total. The van der Waals surface area contributed by atoms with Crippen molar-refractivity contribution in [1.82, 2.24) is 4.90 Å². The van der Waals surface area contributed by atoms with Crippen LogP contribution in [0.1, 0.15) is 40.2 Å². The molecule has 0 atom stereocenters. The molecule has 1 aromatic carbocycles. The number of nitriles is 1. The van der Waals surface area contributed by atoms with Gasteiger partial charge in [0, 0.05) is 23.5 Å². The molecule has 6 heteroatoms. The molecule has 0 unspecified atom stereocenters. The fraction of sp³-hybridized carbons (Fsp3) is 0.368. The summed E-state index contributed by atoms with van der Waals surface area (Å²) >= 11 is 1.52. The van der Waals surface area contributed by atoms with E-state index in [4.69, 9.17) is 4.74 Å². The highest BCUT2D eigenvalue weighted by molar-refractivity contribution is 7.16. The van der Waals surface area contributed by atoms with Gasteiger partial charge in [0.25, 0.3) is 5.91 Å². The molecule has 0 bridgehead atoms. The van der Waals surface area contributed by atoms with Crippen LogP contribution in [0.3, 0.4) is 0 Å². The van der Waals surface area contributed by atoms with Crippen molar-refractivity contribution >= 4 is 22.2 Å². The summed E-state index contributed by atoms with van der Waals surface area (Å²) in [6.45, 7) is 7.45. The number of thiophene rings is 1. The van der Waals surface area contributed by atoms with E-state index in [-0.39, 0.29) is 5.91 Å². The van der Waals surface area contributed by atoms with Crippen molar-refractivity contribution in [2.24, 2.45) is 0 Å². The lowest BCUT2D eigenvalue weighted by Gasteiger charge is -2.24. The Labute approximate surface area is 151 Å². The summed E-state index contributed by atoms with van der Waals surface area (Å²) < 4.78 is 5.39. The van der Waals surface area contributed by atoms with Crippen LogP contribution in [0, 0.1) is 11.3 Å².